The smallest absolute Gasteiger partial charge is 0.233 e. The van der Waals surface area contributed by atoms with Gasteiger partial charge in [-0.2, -0.15) is 0 Å². The molecule has 96 valence electrons. The van der Waals surface area contributed by atoms with Crippen LogP contribution in [0.3, 0.4) is 0 Å². The van der Waals surface area contributed by atoms with Crippen LogP contribution in [0.2, 0.25) is 15.5 Å². The molecule has 0 bridgehead atoms. The highest BCUT2D eigenvalue weighted by atomic mass is 35.5. The summed E-state index contributed by atoms with van der Waals surface area (Å²) in [6.07, 6.45) is 0. The van der Waals surface area contributed by atoms with Crippen molar-refractivity contribution in [3.05, 3.63) is 39.7 Å². The van der Waals surface area contributed by atoms with E-state index in [-0.39, 0.29) is 0 Å². The summed E-state index contributed by atoms with van der Waals surface area (Å²) >= 11 is 16.2. The Morgan fingerprint density at radius 2 is 1.28 bits per heavy atom. The van der Waals surface area contributed by atoms with E-state index in [1.165, 1.54) is 0 Å². The van der Waals surface area contributed by atoms with Gasteiger partial charge < -0.3 is 4.74 Å². The van der Waals surface area contributed by atoms with E-state index in [1.54, 1.807) is 24.3 Å². The van der Waals surface area contributed by atoms with E-state index in [9.17, 15) is 0 Å². The minimum Gasteiger partial charge on any atom is -0.477 e. The minimum atomic E-state index is 0.356. The first-order valence-electron chi connectivity index (χ1n) is 4.88. The van der Waals surface area contributed by atoms with Gasteiger partial charge in [-0.05, 0) is 25.1 Å². The van der Waals surface area contributed by atoms with Gasteiger partial charge in [0.2, 0.25) is 5.88 Å². The van der Waals surface area contributed by atoms with Crippen LogP contribution < -0.4 is 4.74 Å². The molecule has 0 amide bonds. The summed E-state index contributed by atoms with van der Waals surface area (Å²) in [6, 6.07) is 6.48. The number of ether oxygens (including phenoxy) is 1. The number of halogens is 3. The van der Waals surface area contributed by atoms with Gasteiger partial charge in [0.25, 0.3) is 0 Å². The average molecular weight is 308 g/mol. The van der Waals surface area contributed by atoms with Crippen molar-refractivity contribution >= 4 is 34.8 Å². The molecule has 2 rings (SSSR count). The maximum Gasteiger partial charge on any atom is 0.233 e. The van der Waals surface area contributed by atoms with Gasteiger partial charge in [-0.15, -0.1) is 20.4 Å². The molecule has 2 heterocycles. The van der Waals surface area contributed by atoms with Crippen molar-refractivity contribution in [1.82, 2.24) is 20.4 Å². The van der Waals surface area contributed by atoms with Crippen molar-refractivity contribution in [1.29, 1.82) is 0 Å². The molecule has 0 radical (unpaired) electrons. The van der Waals surface area contributed by atoms with Crippen LogP contribution in [0.15, 0.2) is 24.3 Å². The van der Waals surface area contributed by atoms with Gasteiger partial charge in [-0.1, -0.05) is 34.8 Å². The highest BCUT2D eigenvalue weighted by Gasteiger charge is 1.92. The lowest BCUT2D eigenvalue weighted by Gasteiger charge is -1.97. The molecule has 0 aliphatic heterocycles. The Morgan fingerprint density at radius 1 is 0.833 bits per heavy atom. The standard InChI is InChI=1S/C6H7ClN2O.C4H2Cl2N2/c1-2-10-6-4-3-5(7)8-9-6;5-3-1-2-4(6)8-7-3/h3-4H,2H2,1H3;1-2H. The highest BCUT2D eigenvalue weighted by molar-refractivity contribution is 6.31. The molecule has 0 saturated heterocycles. The van der Waals surface area contributed by atoms with Crippen molar-refractivity contribution in [2.45, 2.75) is 6.92 Å². The Labute approximate surface area is 119 Å². The van der Waals surface area contributed by atoms with Gasteiger partial charge in [0.05, 0.1) is 6.61 Å². The molecule has 8 heteroatoms. The molecule has 0 aliphatic rings. The summed E-state index contributed by atoms with van der Waals surface area (Å²) in [5, 5.41) is 15.3. The van der Waals surface area contributed by atoms with Gasteiger partial charge in [-0.3, -0.25) is 0 Å². The summed E-state index contributed by atoms with van der Waals surface area (Å²) in [5.74, 6) is 0.506. The first-order valence-corrected chi connectivity index (χ1v) is 6.02. The molecule has 0 unspecified atom stereocenters. The second-order valence-electron chi connectivity index (χ2n) is 2.81. The van der Waals surface area contributed by atoms with Gasteiger partial charge in [0.15, 0.2) is 15.5 Å². The molecule has 18 heavy (non-hydrogen) atoms. The SMILES string of the molecule is CCOc1ccc(Cl)nn1.Clc1ccc(Cl)nn1. The van der Waals surface area contributed by atoms with Crippen LogP contribution in [0.5, 0.6) is 5.88 Å². The predicted octanol–water partition coefficient (Wildman–Crippen LogP) is 3.31. The van der Waals surface area contributed by atoms with Gasteiger partial charge in [-0.25, -0.2) is 0 Å². The Bertz CT molecular complexity index is 443. The second kappa shape index (κ2) is 8.02. The molecular formula is C10H9Cl3N4O. The lowest BCUT2D eigenvalue weighted by molar-refractivity contribution is 0.322. The third kappa shape index (κ3) is 5.95. The van der Waals surface area contributed by atoms with Crippen LogP contribution >= 0.6 is 34.8 Å². The zero-order chi connectivity index (χ0) is 13.4. The normalized spacial score (nSPS) is 9.33. The van der Waals surface area contributed by atoms with Crippen LogP contribution in [0.25, 0.3) is 0 Å². The highest BCUT2D eigenvalue weighted by Crippen LogP contribution is 2.07. The predicted molar refractivity (Wildman–Crippen MR) is 70.3 cm³/mol. The Balaban J connectivity index is 0.000000184. The van der Waals surface area contributed by atoms with E-state index in [2.05, 4.69) is 20.4 Å². The largest absolute Gasteiger partial charge is 0.477 e. The molecule has 0 saturated carbocycles. The quantitative estimate of drug-likeness (QED) is 0.852. The molecule has 0 spiro atoms. The van der Waals surface area contributed by atoms with E-state index in [4.69, 9.17) is 39.5 Å². The van der Waals surface area contributed by atoms with E-state index >= 15 is 0 Å². The van der Waals surface area contributed by atoms with Crippen molar-refractivity contribution in [2.75, 3.05) is 6.61 Å². The van der Waals surface area contributed by atoms with Gasteiger partial charge in [0.1, 0.15) is 0 Å². The van der Waals surface area contributed by atoms with Gasteiger partial charge in [0, 0.05) is 6.07 Å². The van der Waals surface area contributed by atoms with E-state index in [1.807, 2.05) is 6.92 Å². The fourth-order valence-corrected chi connectivity index (χ4v) is 1.13. The number of rotatable bonds is 2. The number of hydrogen-bond donors (Lipinski definition) is 0. The maximum atomic E-state index is 5.48. The fourth-order valence-electron chi connectivity index (χ4n) is 0.828. The fraction of sp³-hybridized carbons (Fsp3) is 0.200. The van der Waals surface area contributed by atoms with E-state index in [0.29, 0.717) is 27.9 Å². The van der Waals surface area contributed by atoms with Crippen LogP contribution in [0.4, 0.5) is 0 Å². The van der Waals surface area contributed by atoms with Crippen LogP contribution in [0.1, 0.15) is 6.92 Å². The lowest BCUT2D eigenvalue weighted by atomic mass is 10.6. The first-order chi connectivity index (χ1) is 8.61. The molecular weight excluding hydrogens is 298 g/mol. The third-order valence-corrected chi connectivity index (χ3v) is 2.10. The second-order valence-corrected chi connectivity index (χ2v) is 3.97. The summed E-state index contributed by atoms with van der Waals surface area (Å²) in [6.45, 7) is 2.48. The summed E-state index contributed by atoms with van der Waals surface area (Å²) in [7, 11) is 0. The number of hydrogen-bond acceptors (Lipinski definition) is 5. The molecule has 0 aliphatic carbocycles. The number of aromatic nitrogens is 4. The number of nitrogens with zero attached hydrogens (tertiary/aromatic N) is 4. The molecule has 5 nitrogen and oxygen atoms in total. The van der Waals surface area contributed by atoms with Crippen LogP contribution in [-0.2, 0) is 0 Å². The van der Waals surface area contributed by atoms with Crippen LogP contribution in [-0.4, -0.2) is 27.0 Å². The Morgan fingerprint density at radius 3 is 1.61 bits per heavy atom. The summed E-state index contributed by atoms with van der Waals surface area (Å²) in [5.41, 5.74) is 0. The van der Waals surface area contributed by atoms with Gasteiger partial charge >= 0.3 is 0 Å². The lowest BCUT2D eigenvalue weighted by Crippen LogP contribution is -1.94. The zero-order valence-corrected chi connectivity index (χ0v) is 11.6. The average Bonchev–Trinajstić information content (AvgIpc) is 2.37. The van der Waals surface area contributed by atoms with Crippen molar-refractivity contribution in [2.24, 2.45) is 0 Å². The molecule has 0 aromatic carbocycles. The molecule has 2 aromatic heterocycles. The summed E-state index contributed by atoms with van der Waals surface area (Å²) < 4.78 is 5.03. The first kappa shape index (κ1) is 14.9. The van der Waals surface area contributed by atoms with E-state index in [0.717, 1.165) is 0 Å². The Hall–Kier alpha value is -1.17. The van der Waals surface area contributed by atoms with Crippen molar-refractivity contribution in [3.8, 4) is 5.88 Å². The zero-order valence-electron chi connectivity index (χ0n) is 9.35. The Kier molecular flexibility index (Phi) is 6.64. The van der Waals surface area contributed by atoms with Crippen LogP contribution in [0, 0.1) is 0 Å². The molecule has 2 aromatic rings. The molecule has 0 fully saturated rings. The minimum absolute atomic E-state index is 0.356. The molecule has 0 atom stereocenters. The van der Waals surface area contributed by atoms with E-state index < -0.39 is 0 Å². The third-order valence-electron chi connectivity index (χ3n) is 1.50. The monoisotopic (exact) mass is 306 g/mol. The van der Waals surface area contributed by atoms with Crippen molar-refractivity contribution < 1.29 is 4.74 Å². The summed E-state index contributed by atoms with van der Waals surface area (Å²) in [4.78, 5) is 0. The molecule has 0 N–H and O–H groups in total. The topological polar surface area (TPSA) is 60.8 Å². The van der Waals surface area contributed by atoms with Crippen molar-refractivity contribution in [3.63, 3.8) is 0 Å². The maximum absolute atomic E-state index is 5.48.